The molecule has 0 aliphatic rings. The van der Waals surface area contributed by atoms with Crippen LogP contribution in [0.5, 0.6) is 17.2 Å². The van der Waals surface area contributed by atoms with Crippen LogP contribution < -0.4 is 25.1 Å². The van der Waals surface area contributed by atoms with Gasteiger partial charge in [-0.25, -0.2) is 9.67 Å². The number of amides is 1. The Hall–Kier alpha value is -4.34. The van der Waals surface area contributed by atoms with E-state index in [-0.39, 0.29) is 24.4 Å². The number of methoxy groups -OCH3 is 3. The molecule has 4 rings (SSSR count). The van der Waals surface area contributed by atoms with Gasteiger partial charge in [0, 0.05) is 30.8 Å². The monoisotopic (exact) mass is 449 g/mol. The number of nitrogens with one attached hydrogen (secondary N) is 1. The number of nitrogens with zero attached hydrogens (tertiary/aromatic N) is 4. The van der Waals surface area contributed by atoms with Crippen molar-refractivity contribution in [1.82, 2.24) is 19.3 Å². The van der Waals surface area contributed by atoms with Crippen molar-refractivity contribution >= 4 is 22.6 Å². The summed E-state index contributed by atoms with van der Waals surface area (Å²) in [7, 11) is 4.50. The van der Waals surface area contributed by atoms with Crippen LogP contribution in [0.2, 0.25) is 0 Å². The van der Waals surface area contributed by atoms with Crippen LogP contribution in [0.25, 0.3) is 16.7 Å². The molecule has 0 fully saturated rings. The summed E-state index contributed by atoms with van der Waals surface area (Å²) in [5.41, 5.74) is 1.49. The van der Waals surface area contributed by atoms with Crippen LogP contribution in [0.15, 0.2) is 59.8 Å². The van der Waals surface area contributed by atoms with Crippen molar-refractivity contribution in [2.24, 2.45) is 0 Å². The fourth-order valence-corrected chi connectivity index (χ4v) is 3.46. The summed E-state index contributed by atoms with van der Waals surface area (Å²) in [6.45, 7) is 0.161. The second-order valence-corrected chi connectivity index (χ2v) is 7.08. The van der Waals surface area contributed by atoms with Gasteiger partial charge >= 0.3 is 0 Å². The minimum Gasteiger partial charge on any atom is -0.493 e. The molecule has 4 aromatic rings. The highest BCUT2D eigenvalue weighted by Crippen LogP contribution is 2.39. The van der Waals surface area contributed by atoms with Crippen LogP contribution in [0, 0.1) is 0 Å². The number of hydrogen-bond donors (Lipinski definition) is 1. The van der Waals surface area contributed by atoms with Crippen molar-refractivity contribution in [3.8, 4) is 22.9 Å². The number of aryl methyl sites for hydroxylation is 1. The molecule has 1 amide bonds. The molecule has 0 unspecified atom stereocenters. The number of carbonyl (C=O) groups excluding carboxylic acids is 1. The molecule has 170 valence electrons. The first-order valence-electron chi connectivity index (χ1n) is 10.1. The number of carbonyl (C=O) groups is 1. The van der Waals surface area contributed by atoms with E-state index in [4.69, 9.17) is 14.2 Å². The van der Waals surface area contributed by atoms with Gasteiger partial charge in [0.2, 0.25) is 11.7 Å². The first-order valence-corrected chi connectivity index (χ1v) is 10.1. The largest absolute Gasteiger partial charge is 0.493 e. The highest BCUT2D eigenvalue weighted by Gasteiger charge is 2.15. The van der Waals surface area contributed by atoms with Crippen molar-refractivity contribution in [2.75, 3.05) is 26.6 Å². The van der Waals surface area contributed by atoms with E-state index in [9.17, 15) is 9.59 Å². The summed E-state index contributed by atoms with van der Waals surface area (Å²) in [4.78, 5) is 29.8. The number of rotatable bonds is 8. The Bertz CT molecular complexity index is 1320. The highest BCUT2D eigenvalue weighted by atomic mass is 16.5. The molecule has 10 nitrogen and oxygen atoms in total. The highest BCUT2D eigenvalue weighted by molar-refractivity contribution is 5.91. The normalized spacial score (nSPS) is 10.8. The molecular formula is C23H23N5O5. The number of benzene rings is 2. The van der Waals surface area contributed by atoms with Crippen LogP contribution in [0.4, 0.5) is 5.69 Å². The Morgan fingerprint density at radius 2 is 1.73 bits per heavy atom. The van der Waals surface area contributed by atoms with E-state index in [1.165, 1.54) is 38.4 Å². The molecule has 0 radical (unpaired) electrons. The van der Waals surface area contributed by atoms with Gasteiger partial charge in [0.1, 0.15) is 5.39 Å². The molecule has 0 saturated heterocycles. The lowest BCUT2D eigenvalue weighted by Gasteiger charge is -2.14. The Labute approximate surface area is 189 Å². The fraction of sp³-hybridized carbons (Fsp3) is 0.217. The zero-order valence-electron chi connectivity index (χ0n) is 18.4. The van der Waals surface area contributed by atoms with Crippen LogP contribution in [-0.4, -0.2) is 46.6 Å². The smallest absolute Gasteiger partial charge is 0.264 e. The molecule has 1 N–H and O–H groups in total. The van der Waals surface area contributed by atoms with E-state index < -0.39 is 0 Å². The third-order valence-corrected chi connectivity index (χ3v) is 5.08. The Kier molecular flexibility index (Phi) is 6.25. The van der Waals surface area contributed by atoms with Gasteiger partial charge in [0.25, 0.3) is 5.56 Å². The van der Waals surface area contributed by atoms with Crippen molar-refractivity contribution in [3.05, 3.63) is 65.3 Å². The first-order chi connectivity index (χ1) is 16.0. The van der Waals surface area contributed by atoms with Crippen LogP contribution in [-0.2, 0) is 11.3 Å². The maximum Gasteiger partial charge on any atom is 0.264 e. The fourth-order valence-electron chi connectivity index (χ4n) is 3.46. The maximum absolute atomic E-state index is 12.9. The molecule has 33 heavy (non-hydrogen) atoms. The summed E-state index contributed by atoms with van der Waals surface area (Å²) < 4.78 is 18.9. The van der Waals surface area contributed by atoms with Gasteiger partial charge in [0.15, 0.2) is 17.1 Å². The molecule has 0 aliphatic carbocycles. The number of fused-ring (bicyclic) bond motifs is 1. The summed E-state index contributed by atoms with van der Waals surface area (Å²) in [6.07, 6.45) is 2.99. The third kappa shape index (κ3) is 4.36. The summed E-state index contributed by atoms with van der Waals surface area (Å²) in [5, 5.41) is 7.46. The lowest BCUT2D eigenvalue weighted by Crippen LogP contribution is -2.23. The summed E-state index contributed by atoms with van der Waals surface area (Å²) in [5.74, 6) is 0.998. The summed E-state index contributed by atoms with van der Waals surface area (Å²) >= 11 is 0. The zero-order valence-corrected chi connectivity index (χ0v) is 18.4. The van der Waals surface area contributed by atoms with Gasteiger partial charge in [-0.15, -0.1) is 0 Å². The van der Waals surface area contributed by atoms with Crippen LogP contribution >= 0.6 is 0 Å². The van der Waals surface area contributed by atoms with Crippen molar-refractivity contribution < 1.29 is 19.0 Å². The Balaban J connectivity index is 1.49. The van der Waals surface area contributed by atoms with E-state index in [1.807, 2.05) is 30.3 Å². The van der Waals surface area contributed by atoms with Gasteiger partial charge in [0.05, 0.1) is 39.5 Å². The number of anilines is 1. The molecular weight excluding hydrogens is 426 g/mol. The van der Waals surface area contributed by atoms with Gasteiger partial charge in [-0.2, -0.15) is 5.10 Å². The maximum atomic E-state index is 12.9. The third-order valence-electron chi connectivity index (χ3n) is 5.08. The number of para-hydroxylation sites is 1. The van der Waals surface area contributed by atoms with Gasteiger partial charge in [-0.05, 0) is 12.1 Å². The van der Waals surface area contributed by atoms with E-state index >= 15 is 0 Å². The van der Waals surface area contributed by atoms with E-state index in [1.54, 1.807) is 16.8 Å². The molecule has 0 aliphatic heterocycles. The standard InChI is InChI=1S/C23H23N5O5/c1-31-18-11-15(12-19(32-2)21(18)33-3)26-20(29)9-10-27-14-24-22-17(23(27)30)13-25-28(22)16-7-5-4-6-8-16/h4-8,11-14H,9-10H2,1-3H3,(H,26,29). The number of hydrogen-bond acceptors (Lipinski definition) is 7. The quantitative estimate of drug-likeness (QED) is 0.440. The SMILES string of the molecule is COc1cc(NC(=O)CCn2cnc3c(cnn3-c3ccccc3)c2=O)cc(OC)c1OC. The second-order valence-electron chi connectivity index (χ2n) is 7.08. The number of ether oxygens (including phenoxy) is 3. The van der Waals surface area contributed by atoms with Crippen LogP contribution in [0.3, 0.4) is 0 Å². The predicted molar refractivity (Wildman–Crippen MR) is 122 cm³/mol. The second kappa shape index (κ2) is 9.43. The molecule has 10 heteroatoms. The average molecular weight is 449 g/mol. The molecule has 2 aromatic heterocycles. The van der Waals surface area contributed by atoms with Crippen LogP contribution in [0.1, 0.15) is 6.42 Å². The minimum atomic E-state index is -0.281. The Morgan fingerprint density at radius 3 is 2.36 bits per heavy atom. The van der Waals surface area contributed by atoms with Crippen molar-refractivity contribution in [1.29, 1.82) is 0 Å². The van der Waals surface area contributed by atoms with Crippen molar-refractivity contribution in [3.63, 3.8) is 0 Å². The molecule has 0 spiro atoms. The summed E-state index contributed by atoms with van der Waals surface area (Å²) in [6, 6.07) is 12.7. The van der Waals surface area contributed by atoms with Gasteiger partial charge in [-0.1, -0.05) is 18.2 Å². The van der Waals surface area contributed by atoms with Gasteiger partial charge < -0.3 is 19.5 Å². The van der Waals surface area contributed by atoms with E-state index in [0.29, 0.717) is 34.0 Å². The molecule has 0 bridgehead atoms. The predicted octanol–water partition coefficient (Wildman–Crippen LogP) is 2.64. The lowest BCUT2D eigenvalue weighted by atomic mass is 10.2. The zero-order chi connectivity index (χ0) is 23.4. The van der Waals surface area contributed by atoms with E-state index in [0.717, 1.165) is 5.69 Å². The Morgan fingerprint density at radius 1 is 1.03 bits per heavy atom. The minimum absolute atomic E-state index is 0.0660. The molecule has 2 heterocycles. The number of aromatic nitrogens is 4. The molecule has 2 aromatic carbocycles. The first kappa shape index (κ1) is 21.9. The molecule has 0 atom stereocenters. The topological polar surface area (TPSA) is 110 Å². The average Bonchev–Trinajstić information content (AvgIpc) is 3.28. The van der Waals surface area contributed by atoms with Gasteiger partial charge in [-0.3, -0.25) is 14.2 Å². The van der Waals surface area contributed by atoms with Crippen molar-refractivity contribution in [2.45, 2.75) is 13.0 Å². The lowest BCUT2D eigenvalue weighted by molar-refractivity contribution is -0.116. The van der Waals surface area contributed by atoms with E-state index in [2.05, 4.69) is 15.4 Å². The molecule has 0 saturated carbocycles.